The Kier molecular flexibility index (Phi) is 1.63. The molecule has 0 aliphatic carbocycles. The van der Waals surface area contributed by atoms with Crippen molar-refractivity contribution >= 4 is 33.0 Å². The molecule has 0 aliphatic rings. The summed E-state index contributed by atoms with van der Waals surface area (Å²) in [6.45, 7) is 0. The molecule has 0 fully saturated rings. The zero-order valence-electron chi connectivity index (χ0n) is 5.91. The lowest BCUT2D eigenvalue weighted by molar-refractivity contribution is 0.476. The van der Waals surface area contributed by atoms with Crippen LogP contribution in [0.25, 0.3) is 10.1 Å². The Balaban J connectivity index is 2.88. The van der Waals surface area contributed by atoms with Gasteiger partial charge in [0.1, 0.15) is 5.75 Å². The second-order valence-corrected chi connectivity index (χ2v) is 3.87. The minimum absolute atomic E-state index is 0.116. The van der Waals surface area contributed by atoms with Crippen molar-refractivity contribution in [2.75, 3.05) is 0 Å². The first-order chi connectivity index (χ1) is 5.66. The highest BCUT2D eigenvalue weighted by atomic mass is 35.5. The molecule has 0 bridgehead atoms. The Morgan fingerprint density at radius 2 is 1.92 bits per heavy atom. The molecule has 0 saturated heterocycles. The summed E-state index contributed by atoms with van der Waals surface area (Å²) >= 11 is 7.01. The second kappa shape index (κ2) is 2.54. The number of halogens is 1. The first kappa shape index (κ1) is 7.71. The number of phenolic OH excluding ortho intramolecular Hbond substituents is 1. The summed E-state index contributed by atoms with van der Waals surface area (Å²) in [6, 6.07) is 4.60. The molecule has 1 heterocycles. The molecule has 2 rings (SSSR count). The van der Waals surface area contributed by atoms with Crippen LogP contribution < -0.4 is 0 Å². The van der Waals surface area contributed by atoms with Gasteiger partial charge < -0.3 is 10.2 Å². The van der Waals surface area contributed by atoms with Gasteiger partial charge in [0.2, 0.25) is 0 Å². The summed E-state index contributed by atoms with van der Waals surface area (Å²) in [6.07, 6.45) is 0. The number of thiophene rings is 1. The Bertz CT molecular complexity index is 436. The zero-order valence-corrected chi connectivity index (χ0v) is 7.49. The zero-order chi connectivity index (χ0) is 8.72. The average molecular weight is 201 g/mol. The van der Waals surface area contributed by atoms with E-state index in [1.54, 1.807) is 12.1 Å². The van der Waals surface area contributed by atoms with E-state index in [-0.39, 0.29) is 10.8 Å². The predicted molar refractivity (Wildman–Crippen MR) is 50.2 cm³/mol. The molecule has 0 radical (unpaired) electrons. The minimum Gasteiger partial charge on any atom is -0.508 e. The summed E-state index contributed by atoms with van der Waals surface area (Å²) < 4.78 is 0.798. The molecule has 4 heteroatoms. The number of benzene rings is 1. The molecule has 0 saturated carbocycles. The topological polar surface area (TPSA) is 40.5 Å². The molecule has 12 heavy (non-hydrogen) atoms. The highest BCUT2D eigenvalue weighted by Gasteiger charge is 2.05. The molecule has 1 aromatic carbocycles. The molecule has 0 aliphatic heterocycles. The van der Waals surface area contributed by atoms with Crippen molar-refractivity contribution in [2.45, 2.75) is 0 Å². The van der Waals surface area contributed by atoms with Crippen LogP contribution in [-0.4, -0.2) is 10.2 Å². The molecule has 0 atom stereocenters. The van der Waals surface area contributed by atoms with Crippen LogP contribution in [0.3, 0.4) is 0 Å². The van der Waals surface area contributed by atoms with Crippen LogP contribution >= 0.6 is 22.9 Å². The number of hydrogen-bond acceptors (Lipinski definition) is 3. The van der Waals surface area contributed by atoms with Gasteiger partial charge in [0.05, 0.1) is 9.72 Å². The fraction of sp³-hybridized carbons (Fsp3) is 0. The molecular weight excluding hydrogens is 196 g/mol. The Hall–Kier alpha value is -0.930. The molecule has 0 spiro atoms. The van der Waals surface area contributed by atoms with E-state index >= 15 is 0 Å². The van der Waals surface area contributed by atoms with Crippen molar-refractivity contribution in [1.29, 1.82) is 0 Å². The van der Waals surface area contributed by atoms with Crippen LogP contribution in [-0.2, 0) is 0 Å². The van der Waals surface area contributed by atoms with Crippen molar-refractivity contribution in [3.8, 4) is 10.8 Å². The van der Waals surface area contributed by atoms with Gasteiger partial charge in [-0.3, -0.25) is 0 Å². The predicted octanol–water partition coefficient (Wildman–Crippen LogP) is 2.97. The van der Waals surface area contributed by atoms with Crippen molar-refractivity contribution in [3.05, 3.63) is 23.2 Å². The first-order valence-corrected chi connectivity index (χ1v) is 4.47. The van der Waals surface area contributed by atoms with Gasteiger partial charge in [-0.2, -0.15) is 0 Å². The Morgan fingerprint density at radius 1 is 1.17 bits per heavy atom. The third-order valence-corrected chi connectivity index (χ3v) is 2.94. The van der Waals surface area contributed by atoms with Gasteiger partial charge in [-0.15, -0.1) is 0 Å². The summed E-state index contributed by atoms with van der Waals surface area (Å²) in [5.74, 6) is 0.116. The van der Waals surface area contributed by atoms with E-state index in [9.17, 15) is 0 Å². The lowest BCUT2D eigenvalue weighted by atomic mass is 10.2. The standard InChI is InChI=1S/C8H5ClO2S/c9-6-3-5(10)1-4-2-7(11)12-8(4)6/h1-3,10-11H. The third-order valence-electron chi connectivity index (χ3n) is 1.54. The SMILES string of the molecule is Oc1cc(Cl)c2sc(O)cc2c1. The second-order valence-electron chi connectivity index (χ2n) is 2.43. The number of phenols is 1. The van der Waals surface area contributed by atoms with Gasteiger partial charge in [0.15, 0.2) is 5.06 Å². The Morgan fingerprint density at radius 3 is 2.67 bits per heavy atom. The van der Waals surface area contributed by atoms with Crippen molar-refractivity contribution < 1.29 is 10.2 Å². The average Bonchev–Trinajstić information content (AvgIpc) is 2.29. The quantitative estimate of drug-likeness (QED) is 0.687. The van der Waals surface area contributed by atoms with Crippen LogP contribution in [0, 0.1) is 0 Å². The summed E-state index contributed by atoms with van der Waals surface area (Å²) in [7, 11) is 0. The van der Waals surface area contributed by atoms with Gasteiger partial charge in [0.25, 0.3) is 0 Å². The van der Waals surface area contributed by atoms with Crippen LogP contribution in [0.5, 0.6) is 10.8 Å². The van der Waals surface area contributed by atoms with Crippen molar-refractivity contribution in [2.24, 2.45) is 0 Å². The van der Waals surface area contributed by atoms with E-state index in [0.717, 1.165) is 10.1 Å². The molecule has 2 nitrogen and oxygen atoms in total. The van der Waals surface area contributed by atoms with E-state index in [4.69, 9.17) is 21.8 Å². The lowest BCUT2D eigenvalue weighted by Crippen LogP contribution is -1.66. The highest BCUT2D eigenvalue weighted by molar-refractivity contribution is 7.21. The van der Waals surface area contributed by atoms with E-state index in [1.165, 1.54) is 17.4 Å². The van der Waals surface area contributed by atoms with E-state index in [2.05, 4.69) is 0 Å². The van der Waals surface area contributed by atoms with Crippen LogP contribution in [0.2, 0.25) is 5.02 Å². The van der Waals surface area contributed by atoms with E-state index in [0.29, 0.717) is 5.02 Å². The maximum Gasteiger partial charge on any atom is 0.172 e. The first-order valence-electron chi connectivity index (χ1n) is 3.28. The summed E-state index contributed by atoms with van der Waals surface area (Å²) in [5, 5.41) is 19.7. The van der Waals surface area contributed by atoms with E-state index < -0.39 is 0 Å². The number of rotatable bonds is 0. The van der Waals surface area contributed by atoms with Gasteiger partial charge in [0, 0.05) is 5.39 Å². The molecule has 0 unspecified atom stereocenters. The van der Waals surface area contributed by atoms with Gasteiger partial charge in [-0.25, -0.2) is 0 Å². The van der Waals surface area contributed by atoms with Gasteiger partial charge in [-0.1, -0.05) is 22.9 Å². The summed E-state index contributed by atoms with van der Waals surface area (Å²) in [4.78, 5) is 0. The third kappa shape index (κ3) is 1.11. The van der Waals surface area contributed by atoms with Crippen LogP contribution in [0.1, 0.15) is 0 Å². The van der Waals surface area contributed by atoms with Crippen LogP contribution in [0.15, 0.2) is 18.2 Å². The fourth-order valence-electron chi connectivity index (χ4n) is 1.08. The van der Waals surface area contributed by atoms with E-state index in [1.807, 2.05) is 0 Å². The molecule has 2 aromatic rings. The summed E-state index contributed by atoms with van der Waals surface area (Å²) in [5.41, 5.74) is 0. The minimum atomic E-state index is 0.116. The molecule has 62 valence electrons. The number of hydrogen-bond donors (Lipinski definition) is 2. The van der Waals surface area contributed by atoms with Crippen molar-refractivity contribution in [1.82, 2.24) is 0 Å². The maximum absolute atomic E-state index is 9.16. The van der Waals surface area contributed by atoms with Gasteiger partial charge in [-0.05, 0) is 18.2 Å². The van der Waals surface area contributed by atoms with Gasteiger partial charge >= 0.3 is 0 Å². The Labute approximate surface area is 77.6 Å². The number of fused-ring (bicyclic) bond motifs is 1. The number of aromatic hydroxyl groups is 2. The fourth-order valence-corrected chi connectivity index (χ4v) is 2.21. The highest BCUT2D eigenvalue weighted by Crippen LogP contribution is 2.37. The lowest BCUT2D eigenvalue weighted by Gasteiger charge is -1.94. The normalized spacial score (nSPS) is 10.8. The largest absolute Gasteiger partial charge is 0.508 e. The van der Waals surface area contributed by atoms with Crippen molar-refractivity contribution in [3.63, 3.8) is 0 Å². The molecule has 1 aromatic heterocycles. The smallest absolute Gasteiger partial charge is 0.172 e. The monoisotopic (exact) mass is 200 g/mol. The molecular formula is C8H5ClO2S. The van der Waals surface area contributed by atoms with Crippen LogP contribution in [0.4, 0.5) is 0 Å². The molecule has 2 N–H and O–H groups in total. The maximum atomic E-state index is 9.16. The molecule has 0 amide bonds.